The zero-order valence-electron chi connectivity index (χ0n) is 17.0. The molecule has 0 amide bonds. The molecule has 0 unspecified atom stereocenters. The molecule has 0 radical (unpaired) electrons. The van der Waals surface area contributed by atoms with Crippen molar-refractivity contribution in [2.24, 2.45) is 0 Å². The second kappa shape index (κ2) is 8.62. The lowest BCUT2D eigenvalue weighted by molar-refractivity contribution is 0.0778. The molecule has 2 fully saturated rings. The summed E-state index contributed by atoms with van der Waals surface area (Å²) in [6.45, 7) is 9.56. The van der Waals surface area contributed by atoms with Crippen molar-refractivity contribution in [3.63, 3.8) is 0 Å². The molecule has 2 aliphatic rings. The fourth-order valence-corrected chi connectivity index (χ4v) is 4.19. The van der Waals surface area contributed by atoms with E-state index in [0.29, 0.717) is 12.5 Å². The molecule has 2 aromatic rings. The highest BCUT2D eigenvalue weighted by atomic mass is 16.5. The van der Waals surface area contributed by atoms with E-state index >= 15 is 0 Å². The first-order valence-electron chi connectivity index (χ1n) is 10.5. The van der Waals surface area contributed by atoms with Crippen LogP contribution in [0.1, 0.15) is 62.7 Å². The quantitative estimate of drug-likeness (QED) is 0.751. The third kappa shape index (κ3) is 4.23. The molecule has 0 spiro atoms. The van der Waals surface area contributed by atoms with E-state index in [-0.39, 0.29) is 5.41 Å². The standard InChI is InChI=1S/C22H31N3O3/c1-3-27-19-7-5-4-6-18(19)16-25-12-10-22(2,11-13-25)21-23-20(28-24-21)17-8-14-26-15-9-17/h4-7,17H,3,8-16H2,1-2H3. The van der Waals surface area contributed by atoms with Crippen molar-refractivity contribution in [3.05, 3.63) is 41.5 Å². The van der Waals surface area contributed by atoms with E-state index in [4.69, 9.17) is 19.0 Å². The van der Waals surface area contributed by atoms with Gasteiger partial charge >= 0.3 is 0 Å². The number of piperidine rings is 1. The number of para-hydroxylation sites is 1. The van der Waals surface area contributed by atoms with Gasteiger partial charge in [-0.15, -0.1) is 0 Å². The highest BCUT2D eigenvalue weighted by molar-refractivity contribution is 5.33. The monoisotopic (exact) mass is 385 g/mol. The fourth-order valence-electron chi connectivity index (χ4n) is 4.19. The van der Waals surface area contributed by atoms with Gasteiger partial charge in [-0.25, -0.2) is 0 Å². The van der Waals surface area contributed by atoms with Gasteiger partial charge in [-0.1, -0.05) is 30.3 Å². The molecule has 6 heteroatoms. The Labute approximate surface area is 167 Å². The van der Waals surface area contributed by atoms with Crippen LogP contribution in [0.25, 0.3) is 0 Å². The second-order valence-corrected chi connectivity index (χ2v) is 8.22. The van der Waals surface area contributed by atoms with Gasteiger partial charge in [0, 0.05) is 36.7 Å². The summed E-state index contributed by atoms with van der Waals surface area (Å²) in [6.07, 6.45) is 4.03. The van der Waals surface area contributed by atoms with Crippen LogP contribution in [0.2, 0.25) is 0 Å². The van der Waals surface area contributed by atoms with E-state index in [1.807, 2.05) is 13.0 Å². The van der Waals surface area contributed by atoms with Crippen LogP contribution < -0.4 is 4.74 Å². The van der Waals surface area contributed by atoms with Gasteiger partial charge in [0.2, 0.25) is 5.89 Å². The first kappa shape index (κ1) is 19.4. The Hall–Kier alpha value is -1.92. The highest BCUT2D eigenvalue weighted by Crippen LogP contribution is 2.36. The summed E-state index contributed by atoms with van der Waals surface area (Å²) in [5.41, 5.74) is 1.25. The van der Waals surface area contributed by atoms with E-state index in [0.717, 1.165) is 76.0 Å². The van der Waals surface area contributed by atoms with Crippen molar-refractivity contribution < 1.29 is 14.0 Å². The SMILES string of the molecule is CCOc1ccccc1CN1CCC(C)(c2noc(C3CCOCC3)n2)CC1. The zero-order chi connectivity index (χ0) is 19.4. The van der Waals surface area contributed by atoms with Crippen LogP contribution in [-0.4, -0.2) is 48.0 Å². The number of hydrogen-bond acceptors (Lipinski definition) is 6. The number of likely N-dealkylation sites (tertiary alicyclic amines) is 1. The highest BCUT2D eigenvalue weighted by Gasteiger charge is 2.37. The van der Waals surface area contributed by atoms with Gasteiger partial charge in [0.15, 0.2) is 5.82 Å². The van der Waals surface area contributed by atoms with Crippen LogP contribution in [0.3, 0.4) is 0 Å². The number of aromatic nitrogens is 2. The van der Waals surface area contributed by atoms with Crippen molar-refractivity contribution in [3.8, 4) is 5.75 Å². The molecule has 4 rings (SSSR count). The lowest BCUT2D eigenvalue weighted by Crippen LogP contribution is -2.41. The van der Waals surface area contributed by atoms with Crippen LogP contribution in [0, 0.1) is 0 Å². The Morgan fingerprint density at radius 2 is 1.93 bits per heavy atom. The molecule has 2 aliphatic heterocycles. The Kier molecular flexibility index (Phi) is 5.97. The van der Waals surface area contributed by atoms with Crippen molar-refractivity contribution in [2.45, 2.75) is 57.4 Å². The maximum atomic E-state index is 5.78. The van der Waals surface area contributed by atoms with Gasteiger partial charge in [-0.2, -0.15) is 4.98 Å². The maximum Gasteiger partial charge on any atom is 0.229 e. The average Bonchev–Trinajstić information content (AvgIpc) is 3.23. The molecule has 2 saturated heterocycles. The molecule has 0 atom stereocenters. The van der Waals surface area contributed by atoms with E-state index in [9.17, 15) is 0 Å². The molecular weight excluding hydrogens is 354 g/mol. The minimum Gasteiger partial charge on any atom is -0.494 e. The molecule has 152 valence electrons. The number of benzene rings is 1. The maximum absolute atomic E-state index is 5.78. The minimum absolute atomic E-state index is 0.0111. The predicted octanol–water partition coefficient (Wildman–Crippen LogP) is 3.92. The molecule has 0 N–H and O–H groups in total. The topological polar surface area (TPSA) is 60.6 Å². The molecule has 3 heterocycles. The zero-order valence-corrected chi connectivity index (χ0v) is 17.0. The Bertz CT molecular complexity index is 762. The van der Waals surface area contributed by atoms with E-state index < -0.39 is 0 Å². The molecule has 28 heavy (non-hydrogen) atoms. The second-order valence-electron chi connectivity index (χ2n) is 8.22. The van der Waals surface area contributed by atoms with E-state index in [2.05, 4.69) is 35.2 Å². The van der Waals surface area contributed by atoms with Crippen LogP contribution >= 0.6 is 0 Å². The number of ether oxygens (including phenoxy) is 2. The third-order valence-electron chi connectivity index (χ3n) is 6.18. The van der Waals surface area contributed by atoms with Crippen molar-refractivity contribution in [2.75, 3.05) is 32.9 Å². The molecule has 6 nitrogen and oxygen atoms in total. The molecule has 1 aromatic carbocycles. The number of rotatable bonds is 6. The van der Waals surface area contributed by atoms with Crippen LogP contribution in [0.4, 0.5) is 0 Å². The molecule has 1 aromatic heterocycles. The Balaban J connectivity index is 1.37. The fraction of sp³-hybridized carbons (Fsp3) is 0.636. The largest absolute Gasteiger partial charge is 0.494 e. The molecule has 0 bridgehead atoms. The van der Waals surface area contributed by atoms with Gasteiger partial charge in [-0.05, 0) is 51.8 Å². The van der Waals surface area contributed by atoms with Gasteiger partial charge in [0.1, 0.15) is 5.75 Å². The first-order chi connectivity index (χ1) is 13.7. The minimum atomic E-state index is -0.0111. The van der Waals surface area contributed by atoms with E-state index in [1.54, 1.807) is 0 Å². The number of nitrogens with zero attached hydrogens (tertiary/aromatic N) is 3. The summed E-state index contributed by atoms with van der Waals surface area (Å²) >= 11 is 0. The van der Waals surface area contributed by atoms with Crippen LogP contribution in [0.5, 0.6) is 5.75 Å². The van der Waals surface area contributed by atoms with E-state index in [1.165, 1.54) is 5.56 Å². The summed E-state index contributed by atoms with van der Waals surface area (Å²) < 4.78 is 16.9. The summed E-state index contributed by atoms with van der Waals surface area (Å²) in [7, 11) is 0. The first-order valence-corrected chi connectivity index (χ1v) is 10.5. The van der Waals surface area contributed by atoms with Crippen molar-refractivity contribution >= 4 is 0 Å². The lowest BCUT2D eigenvalue weighted by atomic mass is 9.79. The summed E-state index contributed by atoms with van der Waals surface area (Å²) in [5, 5.41) is 4.37. The van der Waals surface area contributed by atoms with Gasteiger partial charge in [0.05, 0.1) is 6.61 Å². The normalized spacial score (nSPS) is 20.9. The molecular formula is C22H31N3O3. The van der Waals surface area contributed by atoms with Gasteiger partial charge in [-0.3, -0.25) is 4.90 Å². The molecule has 0 aliphatic carbocycles. The summed E-state index contributed by atoms with van der Waals surface area (Å²) in [4.78, 5) is 7.30. The van der Waals surface area contributed by atoms with Crippen molar-refractivity contribution in [1.29, 1.82) is 0 Å². The molecule has 0 saturated carbocycles. The Morgan fingerprint density at radius 3 is 2.68 bits per heavy atom. The smallest absolute Gasteiger partial charge is 0.229 e. The lowest BCUT2D eigenvalue weighted by Gasteiger charge is -2.37. The number of hydrogen-bond donors (Lipinski definition) is 0. The third-order valence-corrected chi connectivity index (χ3v) is 6.18. The summed E-state index contributed by atoms with van der Waals surface area (Å²) in [5.74, 6) is 3.03. The average molecular weight is 386 g/mol. The van der Waals surface area contributed by atoms with Gasteiger partial charge in [0.25, 0.3) is 0 Å². The van der Waals surface area contributed by atoms with Gasteiger partial charge < -0.3 is 14.0 Å². The van der Waals surface area contributed by atoms with Crippen LogP contribution in [0.15, 0.2) is 28.8 Å². The predicted molar refractivity (Wildman–Crippen MR) is 107 cm³/mol. The summed E-state index contributed by atoms with van der Waals surface area (Å²) in [6, 6.07) is 8.35. The Morgan fingerprint density at radius 1 is 1.18 bits per heavy atom. The van der Waals surface area contributed by atoms with Crippen molar-refractivity contribution in [1.82, 2.24) is 15.0 Å². The van der Waals surface area contributed by atoms with Crippen LogP contribution in [-0.2, 0) is 16.7 Å².